The number of carbonyl (C=O) groups is 1. The number of anilines is 1. The summed E-state index contributed by atoms with van der Waals surface area (Å²) in [5.74, 6) is 1.81. The van der Waals surface area contributed by atoms with Crippen molar-refractivity contribution in [3.8, 4) is 5.75 Å². The van der Waals surface area contributed by atoms with Crippen LogP contribution in [0, 0.1) is 0 Å². The van der Waals surface area contributed by atoms with Crippen molar-refractivity contribution >= 4 is 33.3 Å². The molecule has 1 aliphatic carbocycles. The van der Waals surface area contributed by atoms with Gasteiger partial charge in [-0.15, -0.1) is 11.3 Å². The molecule has 0 saturated carbocycles. The molecule has 3 aromatic rings. The molecule has 1 amide bonds. The molecule has 3 heterocycles. The van der Waals surface area contributed by atoms with Gasteiger partial charge in [0.1, 0.15) is 22.7 Å². The fourth-order valence-corrected chi connectivity index (χ4v) is 6.27. The lowest BCUT2D eigenvalue weighted by molar-refractivity contribution is -0.133. The van der Waals surface area contributed by atoms with E-state index in [2.05, 4.69) is 29.0 Å². The Bertz CT molecular complexity index is 1150. The Morgan fingerprint density at radius 3 is 2.59 bits per heavy atom. The van der Waals surface area contributed by atoms with Crippen molar-refractivity contribution in [1.29, 1.82) is 0 Å². The van der Waals surface area contributed by atoms with Gasteiger partial charge in [0.2, 0.25) is 5.91 Å². The van der Waals surface area contributed by atoms with Gasteiger partial charge in [0.15, 0.2) is 0 Å². The topological polar surface area (TPSA) is 70.6 Å². The SMILES string of the molecule is COc1ccc(C(CNC(C)C)C(=O)N2CCN(c3ncnc4sc5c(c34)CCC5)CC2)cc1. The van der Waals surface area contributed by atoms with Crippen molar-refractivity contribution in [3.05, 3.63) is 46.6 Å². The number of hydrogen-bond acceptors (Lipinski definition) is 7. The Balaban J connectivity index is 1.31. The lowest BCUT2D eigenvalue weighted by atomic mass is 9.96. The van der Waals surface area contributed by atoms with E-state index >= 15 is 0 Å². The van der Waals surface area contributed by atoms with Gasteiger partial charge in [0.05, 0.1) is 18.4 Å². The van der Waals surface area contributed by atoms with E-state index in [1.54, 1.807) is 13.4 Å². The standard InChI is InChI=1S/C26H33N5O2S/c1-17(2)27-15-21(18-7-9-19(33-3)10-8-18)26(32)31-13-11-30(12-14-31)24-23-20-5-4-6-22(20)34-25(23)29-16-28-24/h7-10,16-17,21,27H,4-6,11-15H2,1-3H3. The van der Waals surface area contributed by atoms with E-state index in [1.165, 1.54) is 22.2 Å². The Hall–Kier alpha value is -2.71. The van der Waals surface area contributed by atoms with Crippen LogP contribution < -0.4 is 15.0 Å². The number of rotatable bonds is 7. The molecule has 2 aromatic heterocycles. The summed E-state index contributed by atoms with van der Waals surface area (Å²) in [5.41, 5.74) is 2.47. The average molecular weight is 480 g/mol. The van der Waals surface area contributed by atoms with E-state index in [0.717, 1.165) is 47.9 Å². The minimum Gasteiger partial charge on any atom is -0.497 e. The molecular formula is C26H33N5O2S. The van der Waals surface area contributed by atoms with E-state index in [4.69, 9.17) is 9.72 Å². The van der Waals surface area contributed by atoms with Gasteiger partial charge >= 0.3 is 0 Å². The number of ether oxygens (including phenoxy) is 1. The summed E-state index contributed by atoms with van der Waals surface area (Å²) < 4.78 is 5.30. The number of aromatic nitrogens is 2. The first kappa shape index (κ1) is 23.1. The number of thiophene rings is 1. The second-order valence-electron chi connectivity index (χ2n) is 9.44. The lowest BCUT2D eigenvalue weighted by Gasteiger charge is -2.37. The molecule has 0 radical (unpaired) electrons. The Labute approximate surface area is 205 Å². The molecule has 34 heavy (non-hydrogen) atoms. The van der Waals surface area contributed by atoms with E-state index < -0.39 is 0 Å². The number of piperazine rings is 1. The smallest absolute Gasteiger partial charge is 0.231 e. The second kappa shape index (κ2) is 9.88. The Morgan fingerprint density at radius 1 is 1.12 bits per heavy atom. The number of amides is 1. The highest BCUT2D eigenvalue weighted by Crippen LogP contribution is 2.40. The molecule has 1 unspecified atom stereocenters. The maximum Gasteiger partial charge on any atom is 0.231 e. The number of carbonyl (C=O) groups excluding carboxylic acids is 1. The highest BCUT2D eigenvalue weighted by atomic mass is 32.1. The van der Waals surface area contributed by atoms with E-state index in [1.807, 2.05) is 40.5 Å². The van der Waals surface area contributed by atoms with Crippen molar-refractivity contribution in [2.45, 2.75) is 45.1 Å². The maximum absolute atomic E-state index is 13.6. The first-order valence-corrected chi connectivity index (χ1v) is 13.0. The molecule has 1 aliphatic heterocycles. The molecule has 1 atom stereocenters. The molecule has 8 heteroatoms. The van der Waals surface area contributed by atoms with Crippen LogP contribution in [0.3, 0.4) is 0 Å². The maximum atomic E-state index is 13.6. The van der Waals surface area contributed by atoms with Gasteiger partial charge in [-0.25, -0.2) is 9.97 Å². The van der Waals surface area contributed by atoms with Crippen LogP contribution in [0.4, 0.5) is 5.82 Å². The predicted molar refractivity (Wildman–Crippen MR) is 137 cm³/mol. The number of hydrogen-bond donors (Lipinski definition) is 1. The van der Waals surface area contributed by atoms with Crippen molar-refractivity contribution in [3.63, 3.8) is 0 Å². The Morgan fingerprint density at radius 2 is 1.88 bits per heavy atom. The molecule has 2 aliphatic rings. The van der Waals surface area contributed by atoms with E-state index in [9.17, 15) is 4.79 Å². The highest BCUT2D eigenvalue weighted by Gasteiger charge is 2.31. The second-order valence-corrected chi connectivity index (χ2v) is 10.5. The zero-order chi connectivity index (χ0) is 23.7. The summed E-state index contributed by atoms with van der Waals surface area (Å²) in [6, 6.07) is 8.20. The summed E-state index contributed by atoms with van der Waals surface area (Å²) in [4.78, 5) is 29.8. The third kappa shape index (κ3) is 4.49. The largest absolute Gasteiger partial charge is 0.497 e. The van der Waals surface area contributed by atoms with Crippen LogP contribution in [-0.2, 0) is 17.6 Å². The molecular weight excluding hydrogens is 446 g/mol. The lowest BCUT2D eigenvalue weighted by Crippen LogP contribution is -2.51. The fraction of sp³-hybridized carbons (Fsp3) is 0.500. The molecule has 1 saturated heterocycles. The molecule has 0 spiro atoms. The molecule has 5 rings (SSSR count). The van der Waals surface area contributed by atoms with Gasteiger partial charge < -0.3 is 19.9 Å². The van der Waals surface area contributed by atoms with E-state index in [0.29, 0.717) is 25.7 Å². The zero-order valence-corrected chi connectivity index (χ0v) is 21.0. The van der Waals surface area contributed by atoms with Gasteiger partial charge in [-0.1, -0.05) is 26.0 Å². The molecule has 1 aromatic carbocycles. The van der Waals surface area contributed by atoms with Crippen LogP contribution in [0.1, 0.15) is 42.2 Å². The van der Waals surface area contributed by atoms with Crippen molar-refractivity contribution in [2.24, 2.45) is 0 Å². The zero-order valence-electron chi connectivity index (χ0n) is 20.2. The summed E-state index contributed by atoms with van der Waals surface area (Å²) in [6.07, 6.45) is 5.21. The van der Waals surface area contributed by atoms with Crippen molar-refractivity contribution < 1.29 is 9.53 Å². The fourth-order valence-electron chi connectivity index (χ4n) is 5.05. The number of fused-ring (bicyclic) bond motifs is 3. The quantitative estimate of drug-likeness (QED) is 0.558. The van der Waals surface area contributed by atoms with Crippen LogP contribution in [0.2, 0.25) is 0 Å². The third-order valence-corrected chi connectivity index (χ3v) is 8.12. The first-order chi connectivity index (χ1) is 16.5. The summed E-state index contributed by atoms with van der Waals surface area (Å²) >= 11 is 1.82. The summed E-state index contributed by atoms with van der Waals surface area (Å²) in [7, 11) is 1.66. The summed E-state index contributed by atoms with van der Waals surface area (Å²) in [6.45, 7) is 7.81. The van der Waals surface area contributed by atoms with Gasteiger partial charge in [0, 0.05) is 43.6 Å². The number of nitrogens with zero attached hydrogens (tertiary/aromatic N) is 4. The van der Waals surface area contributed by atoms with Crippen molar-refractivity contribution in [2.75, 3.05) is 44.7 Å². The van der Waals surface area contributed by atoms with Gasteiger partial charge in [-0.05, 0) is 42.5 Å². The predicted octanol–water partition coefficient (Wildman–Crippen LogP) is 3.62. The van der Waals surface area contributed by atoms with Gasteiger partial charge in [0.25, 0.3) is 0 Å². The number of benzene rings is 1. The normalized spacial score (nSPS) is 16.8. The van der Waals surface area contributed by atoms with Crippen LogP contribution in [0.5, 0.6) is 5.75 Å². The number of nitrogens with one attached hydrogen (secondary N) is 1. The minimum absolute atomic E-state index is 0.183. The van der Waals surface area contributed by atoms with Crippen LogP contribution in [0.15, 0.2) is 30.6 Å². The van der Waals surface area contributed by atoms with Crippen LogP contribution in [0.25, 0.3) is 10.2 Å². The average Bonchev–Trinajstić information content (AvgIpc) is 3.45. The monoisotopic (exact) mass is 479 g/mol. The number of methoxy groups -OCH3 is 1. The number of aryl methyl sites for hydroxylation is 2. The molecule has 7 nitrogen and oxygen atoms in total. The van der Waals surface area contributed by atoms with Gasteiger partial charge in [-0.2, -0.15) is 0 Å². The minimum atomic E-state index is -0.217. The van der Waals surface area contributed by atoms with Crippen LogP contribution >= 0.6 is 11.3 Å². The molecule has 0 bridgehead atoms. The molecule has 1 N–H and O–H groups in total. The van der Waals surface area contributed by atoms with Gasteiger partial charge in [-0.3, -0.25) is 4.79 Å². The molecule has 180 valence electrons. The summed E-state index contributed by atoms with van der Waals surface area (Å²) in [5, 5.41) is 4.71. The van der Waals surface area contributed by atoms with E-state index in [-0.39, 0.29) is 11.8 Å². The van der Waals surface area contributed by atoms with Crippen LogP contribution in [-0.4, -0.2) is 66.7 Å². The third-order valence-electron chi connectivity index (χ3n) is 6.92. The first-order valence-electron chi connectivity index (χ1n) is 12.2. The van der Waals surface area contributed by atoms with Crippen molar-refractivity contribution in [1.82, 2.24) is 20.2 Å². The highest BCUT2D eigenvalue weighted by molar-refractivity contribution is 7.19. The Kier molecular flexibility index (Phi) is 6.70. The molecule has 1 fully saturated rings.